The number of nitrogens with zero attached hydrogens (tertiary/aromatic N) is 1. The number of methoxy groups -OCH3 is 1. The van der Waals surface area contributed by atoms with Gasteiger partial charge in [0.05, 0.1) is 19.7 Å². The van der Waals surface area contributed by atoms with Crippen LogP contribution in [0.15, 0.2) is 34.7 Å². The lowest BCUT2D eigenvalue weighted by atomic mass is 10.1. The van der Waals surface area contributed by atoms with E-state index in [0.29, 0.717) is 36.6 Å². The molecule has 0 fully saturated rings. The highest BCUT2D eigenvalue weighted by molar-refractivity contribution is 5.90. The van der Waals surface area contributed by atoms with E-state index in [1.807, 2.05) is 4.90 Å². The molecule has 1 unspecified atom stereocenters. The summed E-state index contributed by atoms with van der Waals surface area (Å²) in [6.45, 7) is 4.34. The summed E-state index contributed by atoms with van der Waals surface area (Å²) in [4.78, 5) is 25.8. The number of benzene rings is 1. The van der Waals surface area contributed by atoms with E-state index < -0.39 is 5.97 Å². The third-order valence-electron chi connectivity index (χ3n) is 4.45. The number of aryl methyl sites for hydroxylation is 1. The summed E-state index contributed by atoms with van der Waals surface area (Å²) in [6.07, 6.45) is 0.627. The van der Waals surface area contributed by atoms with Crippen molar-refractivity contribution in [2.24, 2.45) is 0 Å². The van der Waals surface area contributed by atoms with Gasteiger partial charge in [0.15, 0.2) is 0 Å². The molecular weight excluding hydrogens is 351 g/mol. The zero-order valence-corrected chi connectivity index (χ0v) is 16.0. The van der Waals surface area contributed by atoms with E-state index in [-0.39, 0.29) is 17.8 Å². The number of halogens is 1. The Morgan fingerprint density at radius 3 is 2.59 bits per heavy atom. The first-order chi connectivity index (χ1) is 12.8. The second-order valence-corrected chi connectivity index (χ2v) is 6.43. The number of carbonyl (C=O) groups excluding carboxylic acids is 2. The van der Waals surface area contributed by atoms with E-state index in [1.54, 1.807) is 39.1 Å². The fraction of sp³-hybridized carbons (Fsp3) is 0.400. The Labute approximate surface area is 158 Å². The number of esters is 1. The van der Waals surface area contributed by atoms with Gasteiger partial charge < -0.3 is 14.5 Å². The van der Waals surface area contributed by atoms with Gasteiger partial charge in [-0.3, -0.25) is 9.69 Å². The van der Waals surface area contributed by atoms with Crippen LogP contribution < -0.4 is 5.32 Å². The third kappa shape index (κ3) is 5.65. The standard InChI is InChI=1S/C20H25FN2O4/c1-13(19(24)22-10-9-15-5-7-16(21)8-6-15)23(3)12-17-11-18(14(2)27-17)20(25)26-4/h5-8,11,13H,9-10,12H2,1-4H3,(H,22,24). The highest BCUT2D eigenvalue weighted by atomic mass is 19.1. The molecule has 0 aliphatic carbocycles. The Kier molecular flexibility index (Phi) is 7.12. The van der Waals surface area contributed by atoms with Crippen molar-refractivity contribution in [3.8, 4) is 0 Å². The number of ether oxygens (including phenoxy) is 1. The molecule has 0 saturated carbocycles. The maximum atomic E-state index is 12.9. The van der Waals surface area contributed by atoms with Gasteiger partial charge in [0.25, 0.3) is 0 Å². The van der Waals surface area contributed by atoms with E-state index in [9.17, 15) is 14.0 Å². The Morgan fingerprint density at radius 1 is 1.30 bits per heavy atom. The van der Waals surface area contributed by atoms with Crippen LogP contribution in [0.25, 0.3) is 0 Å². The van der Waals surface area contributed by atoms with Crippen molar-refractivity contribution in [3.63, 3.8) is 0 Å². The van der Waals surface area contributed by atoms with Gasteiger partial charge in [-0.15, -0.1) is 0 Å². The molecule has 1 aromatic carbocycles. The molecule has 2 aromatic rings. The van der Waals surface area contributed by atoms with Crippen LogP contribution in [0.2, 0.25) is 0 Å². The predicted octanol–water partition coefficient (Wildman–Crippen LogP) is 2.69. The van der Waals surface area contributed by atoms with Gasteiger partial charge in [-0.25, -0.2) is 9.18 Å². The summed E-state index contributed by atoms with van der Waals surface area (Å²) < 4.78 is 23.2. The Bertz CT molecular complexity index is 786. The molecule has 6 nitrogen and oxygen atoms in total. The number of nitrogens with one attached hydrogen (secondary N) is 1. The summed E-state index contributed by atoms with van der Waals surface area (Å²) in [5, 5.41) is 2.88. The Morgan fingerprint density at radius 2 is 1.96 bits per heavy atom. The number of rotatable bonds is 8. The average molecular weight is 376 g/mol. The first-order valence-electron chi connectivity index (χ1n) is 8.71. The Hall–Kier alpha value is -2.67. The molecule has 0 radical (unpaired) electrons. The minimum absolute atomic E-state index is 0.115. The second kappa shape index (κ2) is 9.32. The van der Waals surface area contributed by atoms with Crippen molar-refractivity contribution in [1.29, 1.82) is 0 Å². The van der Waals surface area contributed by atoms with Crippen LogP contribution in [0.5, 0.6) is 0 Å². The number of likely N-dealkylation sites (N-methyl/N-ethyl adjacent to an activating group) is 1. The van der Waals surface area contributed by atoms with Crippen LogP contribution in [0.4, 0.5) is 4.39 Å². The fourth-order valence-corrected chi connectivity index (χ4v) is 2.65. The van der Waals surface area contributed by atoms with Gasteiger partial charge in [-0.1, -0.05) is 12.1 Å². The van der Waals surface area contributed by atoms with Gasteiger partial charge in [0, 0.05) is 6.54 Å². The summed E-state index contributed by atoms with van der Waals surface area (Å²) >= 11 is 0. The topological polar surface area (TPSA) is 71.8 Å². The second-order valence-electron chi connectivity index (χ2n) is 6.43. The third-order valence-corrected chi connectivity index (χ3v) is 4.45. The highest BCUT2D eigenvalue weighted by Gasteiger charge is 2.21. The molecular formula is C20H25FN2O4. The smallest absolute Gasteiger partial charge is 0.341 e. The van der Waals surface area contributed by atoms with Crippen molar-refractivity contribution < 1.29 is 23.1 Å². The Balaban J connectivity index is 1.84. The quantitative estimate of drug-likeness (QED) is 0.717. The lowest BCUT2D eigenvalue weighted by Crippen LogP contribution is -2.43. The summed E-state index contributed by atoms with van der Waals surface area (Å²) in [5.41, 5.74) is 1.34. The van der Waals surface area contributed by atoms with Crippen molar-refractivity contribution >= 4 is 11.9 Å². The lowest BCUT2D eigenvalue weighted by molar-refractivity contribution is -0.125. The van der Waals surface area contributed by atoms with Crippen LogP contribution >= 0.6 is 0 Å². The fourth-order valence-electron chi connectivity index (χ4n) is 2.65. The minimum atomic E-state index is -0.447. The molecule has 1 N–H and O–H groups in total. The molecule has 0 bridgehead atoms. The number of amides is 1. The van der Waals surface area contributed by atoms with E-state index in [0.717, 1.165) is 5.56 Å². The molecule has 7 heteroatoms. The summed E-state index contributed by atoms with van der Waals surface area (Å²) in [7, 11) is 3.12. The molecule has 0 spiro atoms. The molecule has 1 atom stereocenters. The maximum absolute atomic E-state index is 12.9. The first-order valence-corrected chi connectivity index (χ1v) is 8.71. The van der Waals surface area contributed by atoms with Gasteiger partial charge in [0.1, 0.15) is 22.9 Å². The first kappa shape index (κ1) is 20.6. The zero-order valence-electron chi connectivity index (χ0n) is 16.0. The van der Waals surface area contributed by atoms with E-state index in [1.165, 1.54) is 19.2 Å². The molecule has 0 aliphatic rings. The average Bonchev–Trinajstić information content (AvgIpc) is 3.01. The molecule has 1 amide bonds. The monoisotopic (exact) mass is 376 g/mol. The minimum Gasteiger partial charge on any atom is -0.465 e. The summed E-state index contributed by atoms with van der Waals surface area (Å²) in [5.74, 6) is 0.234. The normalized spacial score (nSPS) is 12.1. The zero-order chi connectivity index (χ0) is 20.0. The van der Waals surface area contributed by atoms with Crippen LogP contribution in [0.3, 0.4) is 0 Å². The SMILES string of the molecule is COC(=O)c1cc(CN(C)C(C)C(=O)NCCc2ccc(F)cc2)oc1C. The predicted molar refractivity (Wildman–Crippen MR) is 98.8 cm³/mol. The number of hydrogen-bond donors (Lipinski definition) is 1. The van der Waals surface area contributed by atoms with Crippen LogP contribution in [-0.2, 0) is 22.5 Å². The molecule has 0 saturated heterocycles. The van der Waals surface area contributed by atoms with E-state index >= 15 is 0 Å². The maximum Gasteiger partial charge on any atom is 0.341 e. The van der Waals surface area contributed by atoms with E-state index in [2.05, 4.69) is 5.32 Å². The van der Waals surface area contributed by atoms with Crippen molar-refractivity contribution in [2.75, 3.05) is 20.7 Å². The molecule has 2 rings (SSSR count). The molecule has 27 heavy (non-hydrogen) atoms. The largest absolute Gasteiger partial charge is 0.465 e. The highest BCUT2D eigenvalue weighted by Crippen LogP contribution is 2.17. The van der Waals surface area contributed by atoms with Crippen molar-refractivity contribution in [2.45, 2.75) is 32.9 Å². The molecule has 0 aliphatic heterocycles. The molecule has 1 aromatic heterocycles. The van der Waals surface area contributed by atoms with E-state index in [4.69, 9.17) is 9.15 Å². The lowest BCUT2D eigenvalue weighted by Gasteiger charge is -2.22. The van der Waals surface area contributed by atoms with Crippen LogP contribution in [-0.4, -0.2) is 43.5 Å². The number of furan rings is 1. The van der Waals surface area contributed by atoms with Gasteiger partial charge in [-0.05, 0) is 51.1 Å². The van der Waals surface area contributed by atoms with Gasteiger partial charge in [0.2, 0.25) is 5.91 Å². The molecule has 1 heterocycles. The molecule has 146 valence electrons. The van der Waals surface area contributed by atoms with Crippen molar-refractivity contribution in [3.05, 3.63) is 58.8 Å². The number of hydrogen-bond acceptors (Lipinski definition) is 5. The van der Waals surface area contributed by atoms with Crippen LogP contribution in [0, 0.1) is 12.7 Å². The summed E-state index contributed by atoms with van der Waals surface area (Å²) in [6, 6.07) is 7.47. The number of carbonyl (C=O) groups is 2. The van der Waals surface area contributed by atoms with Gasteiger partial charge in [-0.2, -0.15) is 0 Å². The van der Waals surface area contributed by atoms with Crippen LogP contribution in [0.1, 0.15) is 34.4 Å². The van der Waals surface area contributed by atoms with Gasteiger partial charge >= 0.3 is 5.97 Å². The van der Waals surface area contributed by atoms with Crippen molar-refractivity contribution in [1.82, 2.24) is 10.2 Å².